The molecule has 0 saturated carbocycles. The first-order valence-corrected chi connectivity index (χ1v) is 6.45. The van der Waals surface area contributed by atoms with Crippen LogP contribution in [0.4, 0.5) is 5.69 Å². The van der Waals surface area contributed by atoms with Gasteiger partial charge in [0.2, 0.25) is 5.76 Å². The highest BCUT2D eigenvalue weighted by atomic mass is 79.9. The van der Waals surface area contributed by atoms with E-state index in [2.05, 4.69) is 37.2 Å². The van der Waals surface area contributed by atoms with Gasteiger partial charge in [-0.2, -0.15) is 5.26 Å². The Hall–Kier alpha value is -1.25. The van der Waals surface area contributed by atoms with Crippen molar-refractivity contribution < 1.29 is 4.42 Å². The van der Waals surface area contributed by atoms with Crippen molar-refractivity contribution in [3.63, 3.8) is 0 Å². The largest absolute Gasteiger partial charge is 0.449 e. The molecule has 86 valence electrons. The van der Waals surface area contributed by atoms with Crippen molar-refractivity contribution in [3.8, 4) is 6.07 Å². The third kappa shape index (κ3) is 3.11. The van der Waals surface area contributed by atoms with E-state index in [0.717, 1.165) is 20.4 Å². The topological polar surface area (TPSA) is 49.0 Å². The fourth-order valence-corrected chi connectivity index (χ4v) is 2.10. The summed E-state index contributed by atoms with van der Waals surface area (Å²) in [5.74, 6) is 1.06. The zero-order chi connectivity index (χ0) is 12.3. The first kappa shape index (κ1) is 12.2. The number of rotatable bonds is 3. The van der Waals surface area contributed by atoms with Crippen molar-refractivity contribution >= 4 is 37.5 Å². The number of furan rings is 1. The number of halogens is 2. The summed E-state index contributed by atoms with van der Waals surface area (Å²) in [6.07, 6.45) is 0. The molecule has 0 bridgehead atoms. The Morgan fingerprint density at radius 2 is 2.06 bits per heavy atom. The summed E-state index contributed by atoms with van der Waals surface area (Å²) in [5.41, 5.74) is 0.967. The molecular formula is C12H8Br2N2O. The van der Waals surface area contributed by atoms with Crippen LogP contribution in [-0.4, -0.2) is 0 Å². The normalized spacial score (nSPS) is 9.94. The Balaban J connectivity index is 2.07. The van der Waals surface area contributed by atoms with Gasteiger partial charge in [-0.25, -0.2) is 0 Å². The summed E-state index contributed by atoms with van der Waals surface area (Å²) >= 11 is 6.87. The summed E-state index contributed by atoms with van der Waals surface area (Å²) in [6.45, 7) is 0.538. The van der Waals surface area contributed by atoms with Gasteiger partial charge in [0.05, 0.1) is 6.54 Å². The van der Waals surface area contributed by atoms with Gasteiger partial charge in [-0.1, -0.05) is 15.9 Å². The smallest absolute Gasteiger partial charge is 0.203 e. The predicted octanol–water partition coefficient (Wildman–Crippen LogP) is 4.29. The fourth-order valence-electron chi connectivity index (χ4n) is 1.35. The molecule has 2 aromatic rings. The number of anilines is 1. The molecule has 0 radical (unpaired) electrons. The molecule has 0 aliphatic carbocycles. The lowest BCUT2D eigenvalue weighted by molar-refractivity contribution is 0.506. The number of nitriles is 1. The van der Waals surface area contributed by atoms with Gasteiger partial charge in [-0.05, 0) is 46.3 Å². The van der Waals surface area contributed by atoms with Gasteiger partial charge in [-0.3, -0.25) is 0 Å². The second-order valence-electron chi connectivity index (χ2n) is 3.36. The molecule has 0 saturated heterocycles. The lowest BCUT2D eigenvalue weighted by Crippen LogP contribution is -1.98. The Morgan fingerprint density at radius 1 is 1.24 bits per heavy atom. The van der Waals surface area contributed by atoms with Crippen LogP contribution in [0.25, 0.3) is 0 Å². The molecule has 1 heterocycles. The average molecular weight is 356 g/mol. The van der Waals surface area contributed by atoms with Crippen molar-refractivity contribution in [1.29, 1.82) is 5.26 Å². The van der Waals surface area contributed by atoms with Crippen LogP contribution in [-0.2, 0) is 6.54 Å². The number of nitrogens with zero attached hydrogens (tertiary/aromatic N) is 1. The third-order valence-electron chi connectivity index (χ3n) is 2.15. The van der Waals surface area contributed by atoms with Gasteiger partial charge >= 0.3 is 0 Å². The van der Waals surface area contributed by atoms with Crippen molar-refractivity contribution in [2.24, 2.45) is 0 Å². The van der Waals surface area contributed by atoms with E-state index in [0.29, 0.717) is 12.3 Å². The fraction of sp³-hybridized carbons (Fsp3) is 0.0833. The molecule has 0 unspecified atom stereocenters. The van der Waals surface area contributed by atoms with Gasteiger partial charge in [0.25, 0.3) is 0 Å². The van der Waals surface area contributed by atoms with Gasteiger partial charge in [-0.15, -0.1) is 0 Å². The van der Waals surface area contributed by atoms with E-state index in [4.69, 9.17) is 9.68 Å². The molecule has 17 heavy (non-hydrogen) atoms. The second-order valence-corrected chi connectivity index (χ2v) is 5.13. The molecule has 1 N–H and O–H groups in total. The maximum Gasteiger partial charge on any atom is 0.203 e. The van der Waals surface area contributed by atoms with Gasteiger partial charge in [0, 0.05) is 14.6 Å². The highest BCUT2D eigenvalue weighted by molar-refractivity contribution is 9.11. The van der Waals surface area contributed by atoms with Crippen LogP contribution in [0.1, 0.15) is 11.5 Å². The van der Waals surface area contributed by atoms with E-state index in [1.54, 1.807) is 12.1 Å². The van der Waals surface area contributed by atoms with Crippen LogP contribution in [0.15, 0.2) is 43.7 Å². The first-order chi connectivity index (χ1) is 8.19. The Kier molecular flexibility index (Phi) is 3.87. The monoisotopic (exact) mass is 354 g/mol. The molecule has 0 fully saturated rings. The van der Waals surface area contributed by atoms with Crippen molar-refractivity contribution in [2.75, 3.05) is 5.32 Å². The number of hydrogen-bond donors (Lipinski definition) is 1. The second kappa shape index (κ2) is 5.39. The van der Waals surface area contributed by atoms with Crippen molar-refractivity contribution in [1.82, 2.24) is 0 Å². The van der Waals surface area contributed by atoms with Crippen molar-refractivity contribution in [3.05, 3.63) is 50.8 Å². The molecule has 0 spiro atoms. The molecular weight excluding hydrogens is 348 g/mol. The minimum atomic E-state index is 0.329. The van der Waals surface area contributed by atoms with Crippen LogP contribution >= 0.6 is 31.9 Å². The zero-order valence-corrected chi connectivity index (χ0v) is 11.9. The van der Waals surface area contributed by atoms with Crippen LogP contribution in [0.2, 0.25) is 0 Å². The first-order valence-electron chi connectivity index (χ1n) is 4.87. The number of benzene rings is 1. The van der Waals surface area contributed by atoms with E-state index in [1.165, 1.54) is 0 Å². The Morgan fingerprint density at radius 3 is 2.76 bits per heavy atom. The van der Waals surface area contributed by atoms with Crippen LogP contribution < -0.4 is 5.32 Å². The minimum Gasteiger partial charge on any atom is -0.449 e. The lowest BCUT2D eigenvalue weighted by Gasteiger charge is -2.07. The molecule has 0 aliphatic rings. The Labute approximate surface area is 116 Å². The van der Waals surface area contributed by atoms with Gasteiger partial charge < -0.3 is 9.73 Å². The van der Waals surface area contributed by atoms with Gasteiger partial charge in [0.1, 0.15) is 11.8 Å². The van der Waals surface area contributed by atoms with E-state index >= 15 is 0 Å². The number of nitrogens with one attached hydrogen (secondary N) is 1. The van der Waals surface area contributed by atoms with Crippen molar-refractivity contribution in [2.45, 2.75) is 6.54 Å². The minimum absolute atomic E-state index is 0.329. The van der Waals surface area contributed by atoms with Crippen LogP contribution in [0, 0.1) is 11.3 Å². The van der Waals surface area contributed by atoms with Gasteiger partial charge in [0.15, 0.2) is 0 Å². The number of hydrogen-bond acceptors (Lipinski definition) is 3. The quantitative estimate of drug-likeness (QED) is 0.893. The molecule has 3 nitrogen and oxygen atoms in total. The van der Waals surface area contributed by atoms with Crippen LogP contribution in [0.5, 0.6) is 0 Å². The van der Waals surface area contributed by atoms with E-state index < -0.39 is 0 Å². The summed E-state index contributed by atoms with van der Waals surface area (Å²) in [7, 11) is 0. The summed E-state index contributed by atoms with van der Waals surface area (Å²) in [5, 5.41) is 11.9. The zero-order valence-electron chi connectivity index (χ0n) is 8.71. The predicted molar refractivity (Wildman–Crippen MR) is 72.6 cm³/mol. The highest BCUT2D eigenvalue weighted by Crippen LogP contribution is 2.26. The molecule has 2 rings (SSSR count). The molecule has 5 heteroatoms. The lowest BCUT2D eigenvalue weighted by atomic mass is 10.3. The molecule has 1 aromatic carbocycles. The molecule has 0 amide bonds. The average Bonchev–Trinajstić information content (AvgIpc) is 2.78. The summed E-state index contributed by atoms with van der Waals surface area (Å²) in [4.78, 5) is 0. The highest BCUT2D eigenvalue weighted by Gasteiger charge is 2.03. The maximum atomic E-state index is 8.64. The standard InChI is InChI=1S/C12H8Br2N2O/c13-8-1-4-11(14)12(5-8)16-7-10-3-2-9(6-15)17-10/h1-5,16H,7H2. The molecule has 0 atom stereocenters. The molecule has 1 aromatic heterocycles. The van der Waals surface area contributed by atoms with E-state index in [1.807, 2.05) is 24.3 Å². The maximum absolute atomic E-state index is 8.64. The SMILES string of the molecule is N#Cc1ccc(CNc2cc(Br)ccc2Br)o1. The summed E-state index contributed by atoms with van der Waals surface area (Å²) < 4.78 is 7.25. The third-order valence-corrected chi connectivity index (χ3v) is 3.34. The van der Waals surface area contributed by atoms with E-state index in [9.17, 15) is 0 Å². The molecule has 0 aliphatic heterocycles. The van der Waals surface area contributed by atoms with Crippen LogP contribution in [0.3, 0.4) is 0 Å². The Bertz CT molecular complexity index is 572. The summed E-state index contributed by atoms with van der Waals surface area (Å²) in [6, 6.07) is 11.3. The van der Waals surface area contributed by atoms with E-state index in [-0.39, 0.29) is 0 Å².